The SMILES string of the molecule is COc1c(C)cnc(Cn2c(C)ccc(CN)c2=O)c1C. The van der Waals surface area contributed by atoms with Gasteiger partial charge in [-0.3, -0.25) is 9.78 Å². The lowest BCUT2D eigenvalue weighted by molar-refractivity contribution is 0.406. The van der Waals surface area contributed by atoms with Crippen LogP contribution in [-0.2, 0) is 13.1 Å². The van der Waals surface area contributed by atoms with Crippen molar-refractivity contribution in [2.75, 3.05) is 7.11 Å². The highest BCUT2D eigenvalue weighted by atomic mass is 16.5. The fourth-order valence-electron chi connectivity index (χ4n) is 2.45. The Bertz CT molecular complexity index is 720. The molecule has 0 saturated heterocycles. The van der Waals surface area contributed by atoms with Crippen molar-refractivity contribution in [2.45, 2.75) is 33.9 Å². The minimum atomic E-state index is -0.0572. The molecule has 0 amide bonds. The predicted molar refractivity (Wildman–Crippen MR) is 82.7 cm³/mol. The smallest absolute Gasteiger partial charge is 0.255 e. The van der Waals surface area contributed by atoms with Gasteiger partial charge in [-0.15, -0.1) is 0 Å². The summed E-state index contributed by atoms with van der Waals surface area (Å²) in [5, 5.41) is 0. The number of methoxy groups -OCH3 is 1. The zero-order valence-corrected chi connectivity index (χ0v) is 12.9. The van der Waals surface area contributed by atoms with Gasteiger partial charge in [0.05, 0.1) is 19.3 Å². The van der Waals surface area contributed by atoms with E-state index in [1.807, 2.05) is 26.8 Å². The van der Waals surface area contributed by atoms with Gasteiger partial charge < -0.3 is 15.0 Å². The Morgan fingerprint density at radius 1 is 1.29 bits per heavy atom. The van der Waals surface area contributed by atoms with E-state index in [4.69, 9.17) is 10.5 Å². The van der Waals surface area contributed by atoms with Gasteiger partial charge in [-0.1, -0.05) is 6.07 Å². The van der Waals surface area contributed by atoms with E-state index in [0.29, 0.717) is 12.1 Å². The molecule has 0 radical (unpaired) electrons. The highest BCUT2D eigenvalue weighted by Gasteiger charge is 2.12. The quantitative estimate of drug-likeness (QED) is 0.929. The molecule has 0 aliphatic heterocycles. The van der Waals surface area contributed by atoms with Crippen LogP contribution in [0.3, 0.4) is 0 Å². The molecular weight excluding hydrogens is 266 g/mol. The number of rotatable bonds is 4. The third kappa shape index (κ3) is 2.83. The molecule has 21 heavy (non-hydrogen) atoms. The molecule has 0 bridgehead atoms. The summed E-state index contributed by atoms with van der Waals surface area (Å²) < 4.78 is 7.11. The summed E-state index contributed by atoms with van der Waals surface area (Å²) >= 11 is 0. The standard InChI is InChI=1S/C16H21N3O2/c1-10-8-18-14(12(3)15(10)21-4)9-19-11(2)5-6-13(7-17)16(19)20/h5-6,8H,7,9,17H2,1-4H3. The van der Waals surface area contributed by atoms with E-state index < -0.39 is 0 Å². The predicted octanol–water partition coefficient (Wildman–Crippen LogP) is 1.68. The number of aromatic nitrogens is 2. The number of ether oxygens (including phenoxy) is 1. The molecule has 0 unspecified atom stereocenters. The highest BCUT2D eigenvalue weighted by Crippen LogP contribution is 2.24. The minimum Gasteiger partial charge on any atom is -0.496 e. The van der Waals surface area contributed by atoms with Crippen LogP contribution in [-0.4, -0.2) is 16.7 Å². The summed E-state index contributed by atoms with van der Waals surface area (Å²) in [6.07, 6.45) is 1.77. The van der Waals surface area contributed by atoms with Gasteiger partial charge in [-0.05, 0) is 26.8 Å². The number of hydrogen-bond donors (Lipinski definition) is 1. The van der Waals surface area contributed by atoms with Gasteiger partial charge in [0.1, 0.15) is 5.75 Å². The highest BCUT2D eigenvalue weighted by molar-refractivity contribution is 5.41. The van der Waals surface area contributed by atoms with Crippen LogP contribution in [0.25, 0.3) is 0 Å². The Morgan fingerprint density at radius 3 is 2.62 bits per heavy atom. The molecule has 0 aromatic carbocycles. The maximum atomic E-state index is 12.4. The van der Waals surface area contributed by atoms with E-state index in [0.717, 1.165) is 28.3 Å². The molecule has 0 spiro atoms. The van der Waals surface area contributed by atoms with Crippen molar-refractivity contribution in [3.63, 3.8) is 0 Å². The van der Waals surface area contributed by atoms with E-state index in [-0.39, 0.29) is 12.1 Å². The Labute approximate surface area is 124 Å². The number of hydrogen-bond acceptors (Lipinski definition) is 4. The fourth-order valence-corrected chi connectivity index (χ4v) is 2.45. The molecule has 2 heterocycles. The van der Waals surface area contributed by atoms with E-state index >= 15 is 0 Å². The van der Waals surface area contributed by atoms with Crippen molar-refractivity contribution in [1.82, 2.24) is 9.55 Å². The first-order valence-electron chi connectivity index (χ1n) is 6.88. The molecule has 2 rings (SSSR count). The zero-order valence-electron chi connectivity index (χ0n) is 12.9. The molecule has 5 nitrogen and oxygen atoms in total. The van der Waals surface area contributed by atoms with E-state index in [2.05, 4.69) is 4.98 Å². The van der Waals surface area contributed by atoms with E-state index in [1.54, 1.807) is 23.9 Å². The molecule has 2 aromatic rings. The van der Waals surface area contributed by atoms with Crippen LogP contribution in [0.15, 0.2) is 23.1 Å². The van der Waals surface area contributed by atoms with Crippen molar-refractivity contribution in [3.8, 4) is 5.75 Å². The van der Waals surface area contributed by atoms with Crippen LogP contribution in [0, 0.1) is 20.8 Å². The normalized spacial score (nSPS) is 10.7. The summed E-state index contributed by atoms with van der Waals surface area (Å²) in [4.78, 5) is 16.8. The Morgan fingerprint density at radius 2 is 2.00 bits per heavy atom. The second-order valence-electron chi connectivity index (χ2n) is 5.14. The summed E-state index contributed by atoms with van der Waals surface area (Å²) in [5.41, 5.74) is 9.82. The molecular formula is C16H21N3O2. The number of nitrogens with two attached hydrogens (primary N) is 1. The second-order valence-corrected chi connectivity index (χ2v) is 5.14. The lowest BCUT2D eigenvalue weighted by atomic mass is 10.1. The monoisotopic (exact) mass is 287 g/mol. The van der Waals surface area contributed by atoms with Crippen LogP contribution in [0.5, 0.6) is 5.75 Å². The lowest BCUT2D eigenvalue weighted by Crippen LogP contribution is -2.27. The van der Waals surface area contributed by atoms with Crippen LogP contribution in [0.4, 0.5) is 0 Å². The first-order valence-corrected chi connectivity index (χ1v) is 6.88. The third-order valence-electron chi connectivity index (χ3n) is 3.75. The van der Waals surface area contributed by atoms with Gasteiger partial charge in [0.15, 0.2) is 0 Å². The molecule has 0 saturated carbocycles. The van der Waals surface area contributed by atoms with E-state index in [9.17, 15) is 4.79 Å². The third-order valence-corrected chi connectivity index (χ3v) is 3.75. The number of aryl methyl sites for hydroxylation is 2. The van der Waals surface area contributed by atoms with Gasteiger partial charge in [0.2, 0.25) is 0 Å². The summed E-state index contributed by atoms with van der Waals surface area (Å²) in [6, 6.07) is 3.69. The van der Waals surface area contributed by atoms with Crippen LogP contribution >= 0.6 is 0 Å². The molecule has 2 aromatic heterocycles. The minimum absolute atomic E-state index is 0.0572. The van der Waals surface area contributed by atoms with Gasteiger partial charge in [-0.2, -0.15) is 0 Å². The number of pyridine rings is 2. The van der Waals surface area contributed by atoms with Crippen molar-refractivity contribution in [1.29, 1.82) is 0 Å². The van der Waals surface area contributed by atoms with Crippen LogP contribution in [0.2, 0.25) is 0 Å². The topological polar surface area (TPSA) is 70.1 Å². The summed E-state index contributed by atoms with van der Waals surface area (Å²) in [6.45, 7) is 6.47. The number of nitrogens with zero attached hydrogens (tertiary/aromatic N) is 2. The van der Waals surface area contributed by atoms with Crippen LogP contribution < -0.4 is 16.0 Å². The Hall–Kier alpha value is -2.14. The van der Waals surface area contributed by atoms with Crippen molar-refractivity contribution >= 4 is 0 Å². The molecule has 0 fully saturated rings. The maximum Gasteiger partial charge on any atom is 0.255 e. The fraction of sp³-hybridized carbons (Fsp3) is 0.375. The zero-order chi connectivity index (χ0) is 15.6. The van der Waals surface area contributed by atoms with Crippen molar-refractivity contribution < 1.29 is 4.74 Å². The first-order chi connectivity index (χ1) is 9.99. The van der Waals surface area contributed by atoms with Gasteiger partial charge >= 0.3 is 0 Å². The molecule has 0 aliphatic rings. The van der Waals surface area contributed by atoms with Gasteiger partial charge in [-0.25, -0.2) is 0 Å². The van der Waals surface area contributed by atoms with E-state index in [1.165, 1.54) is 0 Å². The van der Waals surface area contributed by atoms with Crippen molar-refractivity contribution in [2.24, 2.45) is 5.73 Å². The molecule has 112 valence electrons. The van der Waals surface area contributed by atoms with Gasteiger partial charge in [0, 0.05) is 35.1 Å². The summed E-state index contributed by atoms with van der Waals surface area (Å²) in [7, 11) is 1.64. The molecule has 0 atom stereocenters. The molecule has 2 N–H and O–H groups in total. The Balaban J connectivity index is 2.51. The largest absolute Gasteiger partial charge is 0.496 e. The molecule has 0 aliphatic carbocycles. The average molecular weight is 287 g/mol. The summed E-state index contributed by atoms with van der Waals surface area (Å²) in [5.74, 6) is 0.820. The Kier molecular flexibility index (Phi) is 4.43. The average Bonchev–Trinajstić information content (AvgIpc) is 2.46. The maximum absolute atomic E-state index is 12.4. The van der Waals surface area contributed by atoms with Crippen molar-refractivity contribution in [3.05, 3.63) is 56.8 Å². The van der Waals surface area contributed by atoms with Crippen LogP contribution in [0.1, 0.15) is 28.1 Å². The molecule has 5 heteroatoms. The van der Waals surface area contributed by atoms with Gasteiger partial charge in [0.25, 0.3) is 5.56 Å². The second kappa shape index (κ2) is 6.10. The lowest BCUT2D eigenvalue weighted by Gasteiger charge is -2.15. The first kappa shape index (κ1) is 15.3.